The number of aromatic hydroxyl groups is 1. The highest BCUT2D eigenvalue weighted by molar-refractivity contribution is 9.10. The number of fused-ring (bicyclic) bond motifs is 1. The number of rotatable bonds is 3. The molecule has 0 atom stereocenters. The predicted octanol–water partition coefficient (Wildman–Crippen LogP) is 3.06. The third-order valence-corrected chi connectivity index (χ3v) is 4.99. The second kappa shape index (κ2) is 5.71. The van der Waals surface area contributed by atoms with Gasteiger partial charge in [0.2, 0.25) is 5.43 Å². The zero-order valence-corrected chi connectivity index (χ0v) is 13.9. The van der Waals surface area contributed by atoms with Crippen LogP contribution < -0.4 is 10.2 Å². The van der Waals surface area contributed by atoms with Gasteiger partial charge < -0.3 is 9.52 Å². The van der Waals surface area contributed by atoms with Crippen molar-refractivity contribution in [2.24, 2.45) is 0 Å². The highest BCUT2D eigenvalue weighted by atomic mass is 79.9. The molecule has 0 fully saturated rings. The molecule has 23 heavy (non-hydrogen) atoms. The zero-order chi connectivity index (χ0) is 16.6. The first-order chi connectivity index (χ1) is 10.9. The van der Waals surface area contributed by atoms with Crippen LogP contribution in [0.15, 0.2) is 67.3 Å². The number of halogens is 1. The maximum absolute atomic E-state index is 12.4. The lowest BCUT2D eigenvalue weighted by molar-refractivity contribution is 0.442. The first-order valence-electron chi connectivity index (χ1n) is 6.40. The van der Waals surface area contributed by atoms with Crippen molar-refractivity contribution < 1.29 is 17.9 Å². The molecular formula is C15H10BrNO5S. The van der Waals surface area contributed by atoms with Crippen molar-refractivity contribution in [3.63, 3.8) is 0 Å². The van der Waals surface area contributed by atoms with Crippen molar-refractivity contribution in [3.05, 3.63) is 63.4 Å². The first-order valence-corrected chi connectivity index (χ1v) is 8.67. The molecule has 118 valence electrons. The molecular weight excluding hydrogens is 386 g/mol. The van der Waals surface area contributed by atoms with E-state index >= 15 is 0 Å². The van der Waals surface area contributed by atoms with E-state index < -0.39 is 21.2 Å². The maximum atomic E-state index is 12.4. The molecule has 6 nitrogen and oxygen atoms in total. The van der Waals surface area contributed by atoms with Crippen LogP contribution in [0, 0.1) is 0 Å². The molecule has 0 unspecified atom stereocenters. The fourth-order valence-electron chi connectivity index (χ4n) is 2.03. The Kier molecular flexibility index (Phi) is 3.87. The van der Waals surface area contributed by atoms with E-state index in [0.717, 1.165) is 6.26 Å². The van der Waals surface area contributed by atoms with Gasteiger partial charge in [-0.2, -0.15) is 0 Å². The Bertz CT molecular complexity index is 1060. The lowest BCUT2D eigenvalue weighted by Crippen LogP contribution is -2.13. The summed E-state index contributed by atoms with van der Waals surface area (Å²) in [6, 6.07) is 10.5. The van der Waals surface area contributed by atoms with Crippen molar-refractivity contribution in [1.82, 2.24) is 0 Å². The Hall–Kier alpha value is -2.32. The molecule has 0 amide bonds. The average Bonchev–Trinajstić information content (AvgIpc) is 2.51. The van der Waals surface area contributed by atoms with E-state index in [-0.39, 0.29) is 21.6 Å². The first kappa shape index (κ1) is 15.6. The monoisotopic (exact) mass is 395 g/mol. The molecule has 1 aromatic heterocycles. The second-order valence-corrected chi connectivity index (χ2v) is 7.32. The van der Waals surface area contributed by atoms with Gasteiger partial charge in [0.05, 0.1) is 10.3 Å². The third kappa shape index (κ3) is 3.08. The van der Waals surface area contributed by atoms with Crippen molar-refractivity contribution in [2.45, 2.75) is 4.90 Å². The number of anilines is 1. The van der Waals surface area contributed by atoms with Gasteiger partial charge in [-0.1, -0.05) is 22.0 Å². The number of sulfonamides is 1. The Morgan fingerprint density at radius 3 is 2.65 bits per heavy atom. The molecule has 2 aromatic carbocycles. The van der Waals surface area contributed by atoms with E-state index in [1.54, 1.807) is 12.1 Å². The zero-order valence-electron chi connectivity index (χ0n) is 11.5. The van der Waals surface area contributed by atoms with E-state index in [1.807, 2.05) is 0 Å². The standard InChI is InChI=1S/C15H10BrNO5S/c16-9-2-1-3-11(6-9)23(20,21)17-10-4-5-14-12(7-10)15(19)13(18)8-22-14/h1-8,17-18H. The van der Waals surface area contributed by atoms with Crippen molar-refractivity contribution in [3.8, 4) is 5.75 Å². The van der Waals surface area contributed by atoms with Crippen LogP contribution in [0.4, 0.5) is 5.69 Å². The summed E-state index contributed by atoms with van der Waals surface area (Å²) in [6.45, 7) is 0. The summed E-state index contributed by atoms with van der Waals surface area (Å²) in [6.07, 6.45) is 0.940. The lowest BCUT2D eigenvalue weighted by atomic mass is 10.2. The molecule has 3 aromatic rings. The minimum Gasteiger partial charge on any atom is -0.502 e. The highest BCUT2D eigenvalue weighted by Gasteiger charge is 2.15. The van der Waals surface area contributed by atoms with Gasteiger partial charge in [0.25, 0.3) is 10.0 Å². The lowest BCUT2D eigenvalue weighted by Gasteiger charge is -2.09. The fourth-order valence-corrected chi connectivity index (χ4v) is 3.68. The van der Waals surface area contributed by atoms with Crippen molar-refractivity contribution in [2.75, 3.05) is 4.72 Å². The van der Waals surface area contributed by atoms with Crippen LogP contribution in [0.3, 0.4) is 0 Å². The summed E-state index contributed by atoms with van der Waals surface area (Å²) < 4.78 is 32.8. The quantitative estimate of drug-likeness (QED) is 0.710. The minimum absolute atomic E-state index is 0.0786. The molecule has 8 heteroatoms. The summed E-state index contributed by atoms with van der Waals surface area (Å²) in [7, 11) is -3.80. The van der Waals surface area contributed by atoms with E-state index in [9.17, 15) is 18.3 Å². The van der Waals surface area contributed by atoms with Gasteiger partial charge in [0.15, 0.2) is 5.75 Å². The molecule has 0 radical (unpaired) electrons. The molecule has 1 heterocycles. The SMILES string of the molecule is O=c1c(O)coc2ccc(NS(=O)(=O)c3cccc(Br)c3)cc12. The molecule has 3 rings (SSSR count). The topological polar surface area (TPSA) is 96.6 Å². The van der Waals surface area contributed by atoms with Crippen molar-refractivity contribution in [1.29, 1.82) is 0 Å². The Labute approximate surface area is 139 Å². The van der Waals surface area contributed by atoms with E-state index in [2.05, 4.69) is 20.7 Å². The van der Waals surface area contributed by atoms with Crippen LogP contribution >= 0.6 is 15.9 Å². The Morgan fingerprint density at radius 1 is 1.13 bits per heavy atom. The van der Waals surface area contributed by atoms with Crippen LogP contribution in [0.5, 0.6) is 5.75 Å². The van der Waals surface area contributed by atoms with Gasteiger partial charge in [0.1, 0.15) is 11.8 Å². The van der Waals surface area contributed by atoms with E-state index in [1.165, 1.54) is 30.3 Å². The van der Waals surface area contributed by atoms with Gasteiger partial charge in [-0.05, 0) is 36.4 Å². The maximum Gasteiger partial charge on any atom is 0.261 e. The molecule has 0 aliphatic carbocycles. The molecule has 0 saturated carbocycles. The fraction of sp³-hybridized carbons (Fsp3) is 0. The van der Waals surface area contributed by atoms with Crippen LogP contribution in [0.25, 0.3) is 11.0 Å². The van der Waals surface area contributed by atoms with Crippen LogP contribution in [0.1, 0.15) is 0 Å². The summed E-state index contributed by atoms with van der Waals surface area (Å²) in [5.41, 5.74) is -0.191. The summed E-state index contributed by atoms with van der Waals surface area (Å²) in [4.78, 5) is 11.9. The molecule has 0 spiro atoms. The smallest absolute Gasteiger partial charge is 0.261 e. The van der Waals surface area contributed by atoms with E-state index in [0.29, 0.717) is 4.47 Å². The van der Waals surface area contributed by atoms with Crippen LogP contribution in [0.2, 0.25) is 0 Å². The van der Waals surface area contributed by atoms with Crippen LogP contribution in [-0.2, 0) is 10.0 Å². The van der Waals surface area contributed by atoms with E-state index in [4.69, 9.17) is 4.42 Å². The average molecular weight is 396 g/mol. The predicted molar refractivity (Wildman–Crippen MR) is 89.1 cm³/mol. The third-order valence-electron chi connectivity index (χ3n) is 3.11. The molecule has 0 saturated heterocycles. The van der Waals surface area contributed by atoms with Gasteiger partial charge in [-0.25, -0.2) is 8.42 Å². The number of nitrogens with one attached hydrogen (secondary N) is 1. The molecule has 0 aliphatic heterocycles. The van der Waals surface area contributed by atoms with Crippen LogP contribution in [-0.4, -0.2) is 13.5 Å². The van der Waals surface area contributed by atoms with Gasteiger partial charge >= 0.3 is 0 Å². The summed E-state index contributed by atoms with van der Waals surface area (Å²) in [5.74, 6) is -0.538. The minimum atomic E-state index is -3.80. The number of benzene rings is 2. The Morgan fingerprint density at radius 2 is 1.91 bits per heavy atom. The largest absolute Gasteiger partial charge is 0.502 e. The molecule has 2 N–H and O–H groups in total. The second-order valence-electron chi connectivity index (χ2n) is 4.72. The highest BCUT2D eigenvalue weighted by Crippen LogP contribution is 2.22. The van der Waals surface area contributed by atoms with Crippen molar-refractivity contribution >= 4 is 42.6 Å². The molecule has 0 bridgehead atoms. The summed E-state index contributed by atoms with van der Waals surface area (Å²) >= 11 is 3.22. The molecule has 0 aliphatic rings. The van der Waals surface area contributed by atoms with Gasteiger partial charge in [-0.15, -0.1) is 0 Å². The number of hydrogen-bond acceptors (Lipinski definition) is 5. The van der Waals surface area contributed by atoms with Gasteiger partial charge in [0, 0.05) is 10.2 Å². The normalized spacial score (nSPS) is 11.5. The number of hydrogen-bond donors (Lipinski definition) is 2. The Balaban J connectivity index is 2.04. The van der Waals surface area contributed by atoms with Gasteiger partial charge in [-0.3, -0.25) is 9.52 Å². The summed E-state index contributed by atoms with van der Waals surface area (Å²) in [5, 5.41) is 9.48.